The van der Waals surface area contributed by atoms with Crippen molar-refractivity contribution in [2.24, 2.45) is 11.8 Å². The Morgan fingerprint density at radius 3 is 2.15 bits per heavy atom. The van der Waals surface area contributed by atoms with Crippen molar-refractivity contribution in [2.45, 2.75) is 45.7 Å². The van der Waals surface area contributed by atoms with Crippen LogP contribution in [0.1, 0.15) is 54.3 Å². The Hall–Kier alpha value is -2.70. The molecule has 1 saturated carbocycles. The summed E-state index contributed by atoms with van der Waals surface area (Å²) in [5.41, 5.74) is 0.550. The van der Waals surface area contributed by atoms with Crippen molar-refractivity contribution in [1.82, 2.24) is 10.2 Å². The second kappa shape index (κ2) is 7.50. The van der Waals surface area contributed by atoms with Crippen molar-refractivity contribution in [3.63, 3.8) is 0 Å². The Balaban J connectivity index is 1.67. The summed E-state index contributed by atoms with van der Waals surface area (Å²) in [5, 5.41) is 2.80. The van der Waals surface area contributed by atoms with Gasteiger partial charge in [-0.1, -0.05) is 26.0 Å². The number of benzene rings is 1. The number of hydrogen-bond acceptors (Lipinski definition) is 5. The third kappa shape index (κ3) is 3.86. The maximum atomic E-state index is 12.6. The van der Waals surface area contributed by atoms with E-state index in [1.54, 1.807) is 38.1 Å². The van der Waals surface area contributed by atoms with E-state index in [9.17, 15) is 19.2 Å². The molecule has 7 nitrogen and oxygen atoms in total. The minimum absolute atomic E-state index is 0.0494. The molecule has 1 fully saturated rings. The van der Waals surface area contributed by atoms with E-state index in [1.807, 2.05) is 6.92 Å². The Morgan fingerprint density at radius 2 is 1.67 bits per heavy atom. The summed E-state index contributed by atoms with van der Waals surface area (Å²) < 4.78 is 5.14. The first-order chi connectivity index (χ1) is 12.8. The van der Waals surface area contributed by atoms with E-state index in [0.29, 0.717) is 5.92 Å². The Kier molecular flexibility index (Phi) is 5.30. The monoisotopic (exact) mass is 372 g/mol. The largest absolute Gasteiger partial charge is 0.454 e. The number of hydrogen-bond donors (Lipinski definition) is 1. The zero-order chi connectivity index (χ0) is 19.7. The Labute approximate surface area is 158 Å². The maximum Gasteiger partial charge on any atom is 0.330 e. The lowest BCUT2D eigenvalue weighted by Gasteiger charge is -2.27. The SMILES string of the molecule is CC(C)[C@@H](C(=O)OCC(=O)N[C@@H](C)C1CC1)N1C(=O)c2ccccc2C1=O. The molecule has 0 aromatic heterocycles. The van der Waals surface area contributed by atoms with Gasteiger partial charge in [0, 0.05) is 6.04 Å². The molecule has 0 spiro atoms. The molecule has 1 aliphatic heterocycles. The van der Waals surface area contributed by atoms with Gasteiger partial charge in [0.1, 0.15) is 6.04 Å². The average Bonchev–Trinajstić information content (AvgIpc) is 3.44. The summed E-state index contributed by atoms with van der Waals surface area (Å²) in [5.74, 6) is -2.03. The van der Waals surface area contributed by atoms with Gasteiger partial charge in [0.15, 0.2) is 6.61 Å². The van der Waals surface area contributed by atoms with Gasteiger partial charge in [-0.2, -0.15) is 0 Å². The number of carbonyl (C=O) groups is 4. The highest BCUT2D eigenvalue weighted by atomic mass is 16.5. The highest BCUT2D eigenvalue weighted by Gasteiger charge is 2.44. The van der Waals surface area contributed by atoms with Gasteiger partial charge in [-0.05, 0) is 43.7 Å². The van der Waals surface area contributed by atoms with Crippen LogP contribution in [-0.2, 0) is 14.3 Å². The highest BCUT2D eigenvalue weighted by molar-refractivity contribution is 6.22. The van der Waals surface area contributed by atoms with Crippen LogP contribution in [0.2, 0.25) is 0 Å². The summed E-state index contributed by atoms with van der Waals surface area (Å²) in [6.07, 6.45) is 2.19. The first-order valence-corrected chi connectivity index (χ1v) is 9.24. The van der Waals surface area contributed by atoms with E-state index >= 15 is 0 Å². The minimum atomic E-state index is -1.08. The maximum absolute atomic E-state index is 12.6. The van der Waals surface area contributed by atoms with E-state index in [0.717, 1.165) is 17.7 Å². The lowest BCUT2D eigenvalue weighted by Crippen LogP contribution is -2.49. The quantitative estimate of drug-likeness (QED) is 0.582. The zero-order valence-corrected chi connectivity index (χ0v) is 15.7. The molecular weight excluding hydrogens is 348 g/mol. The molecule has 1 aromatic rings. The molecule has 1 aliphatic carbocycles. The molecule has 2 aliphatic rings. The van der Waals surface area contributed by atoms with Crippen LogP contribution in [0.4, 0.5) is 0 Å². The molecule has 2 atom stereocenters. The number of esters is 1. The first-order valence-electron chi connectivity index (χ1n) is 9.24. The third-order valence-electron chi connectivity index (χ3n) is 5.04. The van der Waals surface area contributed by atoms with Crippen molar-refractivity contribution in [3.8, 4) is 0 Å². The fourth-order valence-corrected chi connectivity index (χ4v) is 3.37. The minimum Gasteiger partial charge on any atom is -0.454 e. The number of nitrogens with zero attached hydrogens (tertiary/aromatic N) is 1. The van der Waals surface area contributed by atoms with Gasteiger partial charge in [0.25, 0.3) is 17.7 Å². The van der Waals surface area contributed by atoms with E-state index in [2.05, 4.69) is 5.32 Å². The molecule has 0 saturated heterocycles. The molecule has 144 valence electrons. The van der Waals surface area contributed by atoms with Crippen LogP contribution in [0, 0.1) is 11.8 Å². The summed E-state index contributed by atoms with van der Waals surface area (Å²) >= 11 is 0. The number of ether oxygens (including phenoxy) is 1. The fourth-order valence-electron chi connectivity index (χ4n) is 3.37. The van der Waals surface area contributed by atoms with Crippen molar-refractivity contribution < 1.29 is 23.9 Å². The van der Waals surface area contributed by atoms with Gasteiger partial charge < -0.3 is 10.1 Å². The van der Waals surface area contributed by atoms with Crippen molar-refractivity contribution in [3.05, 3.63) is 35.4 Å². The van der Waals surface area contributed by atoms with Gasteiger partial charge >= 0.3 is 5.97 Å². The van der Waals surface area contributed by atoms with Crippen LogP contribution in [0.15, 0.2) is 24.3 Å². The van der Waals surface area contributed by atoms with Crippen molar-refractivity contribution in [1.29, 1.82) is 0 Å². The molecule has 1 N–H and O–H groups in total. The standard InChI is InChI=1S/C20H24N2O5/c1-11(2)17(20(26)27-10-16(23)21-12(3)13-8-9-13)22-18(24)14-6-4-5-7-15(14)19(22)25/h4-7,11-13,17H,8-10H2,1-3H3,(H,21,23)/t12-,17-/m0/s1. The topological polar surface area (TPSA) is 92.8 Å². The molecule has 27 heavy (non-hydrogen) atoms. The molecule has 0 radical (unpaired) electrons. The van der Waals surface area contributed by atoms with E-state index in [-0.39, 0.29) is 29.0 Å². The van der Waals surface area contributed by atoms with E-state index in [4.69, 9.17) is 4.74 Å². The van der Waals surface area contributed by atoms with Gasteiger partial charge in [0.2, 0.25) is 0 Å². The fraction of sp³-hybridized carbons (Fsp3) is 0.500. The zero-order valence-electron chi connectivity index (χ0n) is 15.7. The van der Waals surface area contributed by atoms with Crippen LogP contribution in [0.3, 0.4) is 0 Å². The van der Waals surface area contributed by atoms with E-state index < -0.39 is 30.4 Å². The Morgan fingerprint density at radius 1 is 1.11 bits per heavy atom. The normalized spacial score (nSPS) is 18.3. The molecule has 3 rings (SSSR count). The third-order valence-corrected chi connectivity index (χ3v) is 5.04. The molecule has 0 unspecified atom stereocenters. The van der Waals surface area contributed by atoms with Gasteiger partial charge in [-0.15, -0.1) is 0 Å². The summed E-state index contributed by atoms with van der Waals surface area (Å²) in [4.78, 5) is 50.8. The lowest BCUT2D eigenvalue weighted by molar-refractivity contribution is -0.153. The van der Waals surface area contributed by atoms with Crippen LogP contribution in [0.25, 0.3) is 0 Å². The van der Waals surface area contributed by atoms with Crippen molar-refractivity contribution in [2.75, 3.05) is 6.61 Å². The van der Waals surface area contributed by atoms with Gasteiger partial charge in [-0.3, -0.25) is 19.3 Å². The average molecular weight is 372 g/mol. The molecule has 1 heterocycles. The van der Waals surface area contributed by atoms with Crippen LogP contribution >= 0.6 is 0 Å². The van der Waals surface area contributed by atoms with Gasteiger partial charge in [-0.25, -0.2) is 4.79 Å². The Bertz CT molecular complexity index is 749. The number of fused-ring (bicyclic) bond motifs is 1. The van der Waals surface area contributed by atoms with Crippen LogP contribution in [0.5, 0.6) is 0 Å². The predicted molar refractivity (Wildman–Crippen MR) is 96.9 cm³/mol. The number of rotatable bonds is 7. The summed E-state index contributed by atoms with van der Waals surface area (Å²) in [6.45, 7) is 4.95. The first kappa shape index (κ1) is 19.1. The predicted octanol–water partition coefficient (Wildman–Crippen LogP) is 1.77. The second-order valence-corrected chi connectivity index (χ2v) is 7.52. The molecular formula is C20H24N2O5. The summed E-state index contributed by atoms with van der Waals surface area (Å²) in [7, 11) is 0. The second-order valence-electron chi connectivity index (χ2n) is 7.52. The smallest absolute Gasteiger partial charge is 0.330 e. The number of amides is 3. The molecule has 1 aromatic carbocycles. The number of carbonyl (C=O) groups excluding carboxylic acids is 4. The van der Waals surface area contributed by atoms with Crippen LogP contribution in [-0.4, -0.2) is 47.3 Å². The number of nitrogens with one attached hydrogen (secondary N) is 1. The van der Waals surface area contributed by atoms with Gasteiger partial charge in [0.05, 0.1) is 11.1 Å². The summed E-state index contributed by atoms with van der Waals surface area (Å²) in [6, 6.07) is 5.43. The van der Waals surface area contributed by atoms with E-state index in [1.165, 1.54) is 0 Å². The molecule has 0 bridgehead atoms. The number of imide groups is 1. The molecule has 3 amide bonds. The highest BCUT2D eigenvalue weighted by Crippen LogP contribution is 2.32. The van der Waals surface area contributed by atoms with Crippen molar-refractivity contribution >= 4 is 23.7 Å². The molecule has 7 heteroatoms. The lowest BCUT2D eigenvalue weighted by atomic mass is 10.0. The van der Waals surface area contributed by atoms with Crippen LogP contribution < -0.4 is 5.32 Å².